The first-order chi connectivity index (χ1) is 10.6. The van der Waals surface area contributed by atoms with Crippen LogP contribution in [0.4, 0.5) is 0 Å². The molecule has 7 heteroatoms. The maximum atomic E-state index is 12.6. The van der Waals surface area contributed by atoms with Gasteiger partial charge in [0.15, 0.2) is 0 Å². The molecule has 2 rings (SSSR count). The summed E-state index contributed by atoms with van der Waals surface area (Å²) in [4.78, 5) is 26.4. The van der Waals surface area contributed by atoms with Crippen LogP contribution >= 0.6 is 12.4 Å². The molecule has 1 aliphatic heterocycles. The van der Waals surface area contributed by atoms with Crippen LogP contribution < -0.4 is 16.0 Å². The highest BCUT2D eigenvalue weighted by molar-refractivity contribution is 5.91. The minimum absolute atomic E-state index is 0. The van der Waals surface area contributed by atoms with Crippen LogP contribution in [0.1, 0.15) is 45.4 Å². The fourth-order valence-corrected chi connectivity index (χ4v) is 3.51. The van der Waals surface area contributed by atoms with E-state index in [9.17, 15) is 9.59 Å². The van der Waals surface area contributed by atoms with Crippen LogP contribution in [0.3, 0.4) is 0 Å². The molecule has 0 aromatic heterocycles. The lowest BCUT2D eigenvalue weighted by atomic mass is 9.80. The first-order valence-corrected chi connectivity index (χ1v) is 8.62. The number of nitrogens with zero attached hydrogens (tertiary/aromatic N) is 1. The Morgan fingerprint density at radius 2 is 1.78 bits per heavy atom. The summed E-state index contributed by atoms with van der Waals surface area (Å²) in [6.07, 6.45) is 5.65. The van der Waals surface area contributed by atoms with E-state index in [4.69, 9.17) is 0 Å². The van der Waals surface area contributed by atoms with Crippen LogP contribution in [0.2, 0.25) is 0 Å². The maximum Gasteiger partial charge on any atom is 0.245 e. The molecule has 0 aromatic carbocycles. The van der Waals surface area contributed by atoms with Crippen LogP contribution in [0.25, 0.3) is 0 Å². The number of nitrogens with one attached hydrogen (secondary N) is 3. The zero-order valence-corrected chi connectivity index (χ0v) is 15.0. The predicted molar refractivity (Wildman–Crippen MR) is 93.8 cm³/mol. The van der Waals surface area contributed by atoms with Gasteiger partial charge in [-0.1, -0.05) is 19.3 Å². The third kappa shape index (κ3) is 6.28. The summed E-state index contributed by atoms with van der Waals surface area (Å²) in [5.41, 5.74) is -0.668. The van der Waals surface area contributed by atoms with Gasteiger partial charge in [0.1, 0.15) is 5.54 Å². The largest absolute Gasteiger partial charge is 0.354 e. The summed E-state index contributed by atoms with van der Waals surface area (Å²) in [7, 11) is 0. The van der Waals surface area contributed by atoms with Gasteiger partial charge in [0.05, 0.1) is 0 Å². The second-order valence-electron chi connectivity index (χ2n) is 6.53. The van der Waals surface area contributed by atoms with E-state index in [1.807, 2.05) is 0 Å². The molecule has 0 radical (unpaired) electrons. The van der Waals surface area contributed by atoms with Crippen molar-refractivity contribution in [3.63, 3.8) is 0 Å². The van der Waals surface area contributed by atoms with Gasteiger partial charge in [0.2, 0.25) is 11.8 Å². The van der Waals surface area contributed by atoms with Crippen molar-refractivity contribution in [2.75, 3.05) is 39.3 Å². The molecule has 1 saturated carbocycles. The van der Waals surface area contributed by atoms with E-state index in [2.05, 4.69) is 20.9 Å². The Hall–Kier alpha value is -0.850. The van der Waals surface area contributed by atoms with Crippen molar-refractivity contribution >= 4 is 24.2 Å². The lowest BCUT2D eigenvalue weighted by Gasteiger charge is -2.36. The standard InChI is InChI=1S/C16H30N4O2.ClH/c1-14(21)19-16(6-3-2-4-7-16)15(22)18-8-5-11-20-12-9-17-10-13-20;/h17H,2-13H2,1H3,(H,18,22)(H,19,21);1H. The molecule has 0 spiro atoms. The minimum atomic E-state index is -0.668. The second-order valence-corrected chi connectivity index (χ2v) is 6.53. The van der Waals surface area contributed by atoms with Gasteiger partial charge >= 0.3 is 0 Å². The Kier molecular flexibility index (Phi) is 8.87. The van der Waals surface area contributed by atoms with Gasteiger partial charge in [-0.05, 0) is 25.8 Å². The highest BCUT2D eigenvalue weighted by Gasteiger charge is 2.39. The summed E-state index contributed by atoms with van der Waals surface area (Å²) in [5, 5.41) is 9.30. The zero-order chi connectivity index (χ0) is 15.8. The first-order valence-electron chi connectivity index (χ1n) is 8.62. The van der Waals surface area contributed by atoms with Crippen LogP contribution in [0.5, 0.6) is 0 Å². The molecule has 6 nitrogen and oxygen atoms in total. The van der Waals surface area contributed by atoms with Gasteiger partial charge in [-0.25, -0.2) is 0 Å². The van der Waals surface area contributed by atoms with Crippen LogP contribution in [-0.4, -0.2) is 61.5 Å². The minimum Gasteiger partial charge on any atom is -0.354 e. The Morgan fingerprint density at radius 1 is 1.13 bits per heavy atom. The predicted octanol–water partition coefficient (Wildman–Crippen LogP) is 0.659. The monoisotopic (exact) mass is 346 g/mol. The van der Waals surface area contributed by atoms with Gasteiger partial charge in [0, 0.05) is 39.6 Å². The lowest BCUT2D eigenvalue weighted by molar-refractivity contribution is -0.134. The van der Waals surface area contributed by atoms with Gasteiger partial charge in [-0.15, -0.1) is 12.4 Å². The lowest BCUT2D eigenvalue weighted by Crippen LogP contribution is -2.59. The van der Waals surface area contributed by atoms with Crippen molar-refractivity contribution in [3.8, 4) is 0 Å². The molecule has 1 aliphatic carbocycles. The zero-order valence-electron chi connectivity index (χ0n) is 14.2. The summed E-state index contributed by atoms with van der Waals surface area (Å²) in [6, 6.07) is 0. The number of amides is 2. The number of carbonyl (C=O) groups is 2. The van der Waals surface area contributed by atoms with Crippen molar-refractivity contribution in [2.45, 2.75) is 51.0 Å². The molecule has 0 bridgehead atoms. The van der Waals surface area contributed by atoms with Crippen LogP contribution in [0.15, 0.2) is 0 Å². The van der Waals surface area contributed by atoms with E-state index < -0.39 is 5.54 Å². The number of piperazine rings is 1. The van der Waals surface area contributed by atoms with Gasteiger partial charge in [0.25, 0.3) is 0 Å². The molecule has 23 heavy (non-hydrogen) atoms. The summed E-state index contributed by atoms with van der Waals surface area (Å²) in [6.45, 7) is 7.48. The second kappa shape index (κ2) is 10.1. The summed E-state index contributed by atoms with van der Waals surface area (Å²) in [5.74, 6) is -0.111. The molecule has 1 heterocycles. The van der Waals surface area contributed by atoms with Crippen molar-refractivity contribution in [2.24, 2.45) is 0 Å². The molecule has 2 aliphatic rings. The van der Waals surface area contributed by atoms with Crippen molar-refractivity contribution < 1.29 is 9.59 Å². The van der Waals surface area contributed by atoms with E-state index in [-0.39, 0.29) is 24.2 Å². The smallest absolute Gasteiger partial charge is 0.245 e. The summed E-state index contributed by atoms with van der Waals surface area (Å²) < 4.78 is 0. The van der Waals surface area contributed by atoms with E-state index in [0.717, 1.165) is 71.2 Å². The van der Waals surface area contributed by atoms with E-state index in [0.29, 0.717) is 6.54 Å². The molecule has 0 unspecified atom stereocenters. The number of hydrogen-bond acceptors (Lipinski definition) is 4. The fourth-order valence-electron chi connectivity index (χ4n) is 3.51. The number of halogens is 1. The third-order valence-corrected chi connectivity index (χ3v) is 4.70. The fraction of sp³-hybridized carbons (Fsp3) is 0.875. The first kappa shape index (κ1) is 20.2. The highest BCUT2D eigenvalue weighted by atomic mass is 35.5. The quantitative estimate of drug-likeness (QED) is 0.618. The van der Waals surface area contributed by atoms with E-state index in [1.54, 1.807) is 0 Å². The molecule has 2 amide bonds. The van der Waals surface area contributed by atoms with Gasteiger partial charge in [-0.2, -0.15) is 0 Å². The molecular weight excluding hydrogens is 316 g/mol. The normalized spacial score (nSPS) is 21.1. The van der Waals surface area contributed by atoms with Crippen LogP contribution in [-0.2, 0) is 9.59 Å². The molecule has 0 atom stereocenters. The number of rotatable bonds is 6. The third-order valence-electron chi connectivity index (χ3n) is 4.70. The van der Waals surface area contributed by atoms with Gasteiger partial charge in [-0.3, -0.25) is 9.59 Å². The Balaban J connectivity index is 0.00000264. The van der Waals surface area contributed by atoms with E-state index in [1.165, 1.54) is 6.92 Å². The average Bonchev–Trinajstić information content (AvgIpc) is 2.52. The molecule has 3 N–H and O–H groups in total. The molecule has 2 fully saturated rings. The topological polar surface area (TPSA) is 73.5 Å². The van der Waals surface area contributed by atoms with Crippen molar-refractivity contribution in [1.82, 2.24) is 20.9 Å². The highest BCUT2D eigenvalue weighted by Crippen LogP contribution is 2.28. The maximum absolute atomic E-state index is 12.6. The molecule has 134 valence electrons. The Labute approximate surface area is 145 Å². The Bertz CT molecular complexity index is 380. The van der Waals surface area contributed by atoms with Crippen molar-refractivity contribution in [3.05, 3.63) is 0 Å². The molecular formula is C16H31ClN4O2. The van der Waals surface area contributed by atoms with Crippen molar-refractivity contribution in [1.29, 1.82) is 0 Å². The Morgan fingerprint density at radius 3 is 2.39 bits per heavy atom. The average molecular weight is 347 g/mol. The van der Waals surface area contributed by atoms with Crippen LogP contribution in [0, 0.1) is 0 Å². The van der Waals surface area contributed by atoms with E-state index >= 15 is 0 Å². The number of carbonyl (C=O) groups excluding carboxylic acids is 2. The van der Waals surface area contributed by atoms with Gasteiger partial charge < -0.3 is 20.9 Å². The number of hydrogen-bond donors (Lipinski definition) is 3. The SMILES string of the molecule is CC(=O)NC1(C(=O)NCCCN2CCNCC2)CCCCC1.Cl. The summed E-state index contributed by atoms with van der Waals surface area (Å²) >= 11 is 0. The molecule has 0 aromatic rings. The molecule has 1 saturated heterocycles.